The highest BCUT2D eigenvalue weighted by Gasteiger charge is 2.24. The maximum atomic E-state index is 7.38. The van der Waals surface area contributed by atoms with Gasteiger partial charge in [-0.3, -0.25) is 0 Å². The van der Waals surface area contributed by atoms with E-state index < -0.39 is 0 Å². The molecule has 0 aliphatic heterocycles. The Kier molecular flexibility index (Phi) is 7.80. The normalized spacial score (nSPS) is 11.8. The zero-order valence-corrected chi connectivity index (χ0v) is 33.9. The van der Waals surface area contributed by atoms with Gasteiger partial charge in [-0.15, -0.1) is 0 Å². The van der Waals surface area contributed by atoms with Gasteiger partial charge in [-0.05, 0) is 48.0 Å². The van der Waals surface area contributed by atoms with Crippen LogP contribution in [-0.4, -0.2) is 24.1 Å². The number of para-hydroxylation sites is 3. The third-order valence-corrected chi connectivity index (χ3v) is 12.4. The number of furan rings is 1. The number of benzene rings is 9. The first kappa shape index (κ1) is 35.2. The van der Waals surface area contributed by atoms with Crippen LogP contribution in [-0.2, 0) is 0 Å². The number of rotatable bonds is 6. The van der Waals surface area contributed by atoms with E-state index >= 15 is 0 Å². The average Bonchev–Trinajstić information content (AvgIpc) is 4.03. The second-order valence-corrected chi connectivity index (χ2v) is 16.0. The summed E-state index contributed by atoms with van der Waals surface area (Å²) < 4.78 is 12.1. The second kappa shape index (κ2) is 14.0. The summed E-state index contributed by atoms with van der Waals surface area (Å²) in [5.41, 5.74) is 13.1. The Labute approximate surface area is 361 Å². The van der Waals surface area contributed by atoms with Crippen molar-refractivity contribution in [2.45, 2.75) is 0 Å². The number of hydrogen-bond donors (Lipinski definition) is 0. The number of fused-ring (bicyclic) bond motifs is 11. The van der Waals surface area contributed by atoms with Crippen LogP contribution in [0.3, 0.4) is 0 Å². The second-order valence-electron chi connectivity index (χ2n) is 16.0. The van der Waals surface area contributed by atoms with Crippen LogP contribution in [0.1, 0.15) is 0 Å². The predicted octanol–water partition coefficient (Wildman–Crippen LogP) is 14.6. The molecule has 4 heterocycles. The standard InChI is InChI=1S/C57H35N5O/c1-4-17-36(18-5-1)41-25-10-13-28-48(41)62-50-30-15-12-27-43(50)45-32-34-47-46-33-31-44-42-26-11-14-29-49(42)61(51(44)53(46)63-54(47)52(45)62)40-24-16-23-39(35-40)57-59-55(37-19-6-2-7-20-37)58-56(60-57)38-21-8-3-9-22-38/h1-35H. The summed E-state index contributed by atoms with van der Waals surface area (Å²) in [6.07, 6.45) is 0. The molecule has 0 unspecified atom stereocenters. The van der Waals surface area contributed by atoms with Crippen molar-refractivity contribution in [1.29, 1.82) is 0 Å². The van der Waals surface area contributed by atoms with E-state index in [1.165, 1.54) is 5.39 Å². The minimum atomic E-state index is 0.602. The van der Waals surface area contributed by atoms with Gasteiger partial charge in [-0.1, -0.05) is 170 Å². The van der Waals surface area contributed by atoms with E-state index in [2.05, 4.69) is 161 Å². The van der Waals surface area contributed by atoms with E-state index in [9.17, 15) is 0 Å². The first-order valence-electron chi connectivity index (χ1n) is 21.2. The third-order valence-electron chi connectivity index (χ3n) is 12.4. The quantitative estimate of drug-likeness (QED) is 0.168. The van der Waals surface area contributed by atoms with Crippen molar-refractivity contribution in [2.24, 2.45) is 0 Å². The Morgan fingerprint density at radius 1 is 0.317 bits per heavy atom. The third kappa shape index (κ3) is 5.48. The molecule has 0 amide bonds. The molecule has 9 aromatic carbocycles. The monoisotopic (exact) mass is 805 g/mol. The Balaban J connectivity index is 1.07. The predicted molar refractivity (Wildman–Crippen MR) is 258 cm³/mol. The molecule has 13 aromatic rings. The molecule has 0 radical (unpaired) electrons. The molecule has 6 heteroatoms. The lowest BCUT2D eigenvalue weighted by Crippen LogP contribution is -2.01. The van der Waals surface area contributed by atoms with Crippen molar-refractivity contribution in [2.75, 3.05) is 0 Å². The Hall–Kier alpha value is -8.61. The van der Waals surface area contributed by atoms with Crippen LogP contribution in [0.4, 0.5) is 0 Å². The van der Waals surface area contributed by atoms with Crippen molar-refractivity contribution >= 4 is 65.6 Å². The summed E-state index contributed by atoms with van der Waals surface area (Å²) in [4.78, 5) is 15.1. The van der Waals surface area contributed by atoms with Gasteiger partial charge in [0.05, 0.1) is 27.8 Å². The van der Waals surface area contributed by atoms with Crippen LogP contribution in [0, 0.1) is 0 Å². The van der Waals surface area contributed by atoms with E-state index in [1.54, 1.807) is 0 Å². The van der Waals surface area contributed by atoms with Gasteiger partial charge in [0.2, 0.25) is 0 Å². The number of nitrogens with zero attached hydrogens (tertiary/aromatic N) is 5. The fourth-order valence-electron chi connectivity index (χ4n) is 9.56. The molecule has 63 heavy (non-hydrogen) atoms. The van der Waals surface area contributed by atoms with E-state index in [0.29, 0.717) is 17.5 Å². The van der Waals surface area contributed by atoms with Crippen LogP contribution in [0.15, 0.2) is 217 Å². The summed E-state index contributed by atoms with van der Waals surface area (Å²) in [7, 11) is 0. The number of aromatic nitrogens is 5. The molecule has 6 nitrogen and oxygen atoms in total. The van der Waals surface area contributed by atoms with E-state index in [0.717, 1.165) is 99.4 Å². The lowest BCUT2D eigenvalue weighted by atomic mass is 10.0. The van der Waals surface area contributed by atoms with E-state index in [4.69, 9.17) is 19.4 Å². The summed E-state index contributed by atoms with van der Waals surface area (Å²) in [6, 6.07) is 74.3. The molecule has 0 atom stereocenters. The molecule has 0 bridgehead atoms. The van der Waals surface area contributed by atoms with E-state index in [-0.39, 0.29) is 0 Å². The van der Waals surface area contributed by atoms with Crippen LogP contribution in [0.25, 0.3) is 122 Å². The van der Waals surface area contributed by atoms with Gasteiger partial charge in [0, 0.05) is 60.3 Å². The minimum Gasteiger partial charge on any atom is -0.452 e. The molecular formula is C57H35N5O. The highest BCUT2D eigenvalue weighted by molar-refractivity contribution is 6.26. The van der Waals surface area contributed by atoms with Gasteiger partial charge in [0.1, 0.15) is 0 Å². The molecule has 0 aliphatic rings. The smallest absolute Gasteiger partial charge is 0.164 e. The van der Waals surface area contributed by atoms with Gasteiger partial charge >= 0.3 is 0 Å². The first-order chi connectivity index (χ1) is 31.3. The molecular weight excluding hydrogens is 771 g/mol. The minimum absolute atomic E-state index is 0.602. The van der Waals surface area contributed by atoms with Crippen molar-refractivity contribution in [3.05, 3.63) is 212 Å². The fourth-order valence-corrected chi connectivity index (χ4v) is 9.56. The molecule has 0 aliphatic carbocycles. The van der Waals surface area contributed by atoms with Crippen molar-refractivity contribution < 1.29 is 4.42 Å². The zero-order chi connectivity index (χ0) is 41.4. The molecule has 294 valence electrons. The topological polar surface area (TPSA) is 61.7 Å². The molecule has 0 spiro atoms. The Morgan fingerprint density at radius 3 is 1.37 bits per heavy atom. The molecule has 0 fully saturated rings. The molecule has 0 N–H and O–H groups in total. The Bertz CT molecular complexity index is 3850. The van der Waals surface area contributed by atoms with Crippen LogP contribution >= 0.6 is 0 Å². The van der Waals surface area contributed by atoms with Crippen LogP contribution < -0.4 is 0 Å². The van der Waals surface area contributed by atoms with Crippen molar-refractivity contribution in [1.82, 2.24) is 24.1 Å². The summed E-state index contributed by atoms with van der Waals surface area (Å²) in [5.74, 6) is 1.85. The van der Waals surface area contributed by atoms with E-state index in [1.807, 2.05) is 60.7 Å². The highest BCUT2D eigenvalue weighted by Crippen LogP contribution is 2.45. The van der Waals surface area contributed by atoms with Crippen molar-refractivity contribution in [3.63, 3.8) is 0 Å². The van der Waals surface area contributed by atoms with Gasteiger partial charge in [-0.25, -0.2) is 15.0 Å². The molecule has 13 rings (SSSR count). The largest absolute Gasteiger partial charge is 0.452 e. The molecule has 0 saturated heterocycles. The van der Waals surface area contributed by atoms with Crippen LogP contribution in [0.2, 0.25) is 0 Å². The van der Waals surface area contributed by atoms with Crippen LogP contribution in [0.5, 0.6) is 0 Å². The lowest BCUT2D eigenvalue weighted by molar-refractivity contribution is 0.673. The maximum absolute atomic E-state index is 7.38. The molecule has 0 saturated carbocycles. The Morgan fingerprint density at radius 2 is 0.762 bits per heavy atom. The average molecular weight is 806 g/mol. The first-order valence-corrected chi connectivity index (χ1v) is 21.2. The van der Waals surface area contributed by atoms with Gasteiger partial charge in [0.25, 0.3) is 0 Å². The number of hydrogen-bond acceptors (Lipinski definition) is 4. The van der Waals surface area contributed by atoms with Gasteiger partial charge in [-0.2, -0.15) is 0 Å². The lowest BCUT2D eigenvalue weighted by Gasteiger charge is -2.14. The van der Waals surface area contributed by atoms with Gasteiger partial charge < -0.3 is 13.6 Å². The SMILES string of the molecule is c1ccc(-c2nc(-c3ccccc3)nc(-c3cccc(-n4c5ccccc5c5ccc6c7ccc8c9ccccc9n(-c9ccccc9-c9ccccc9)c8c7oc6c54)c3)n2)cc1. The maximum Gasteiger partial charge on any atom is 0.164 e. The summed E-state index contributed by atoms with van der Waals surface area (Å²) in [6.45, 7) is 0. The van der Waals surface area contributed by atoms with Crippen molar-refractivity contribution in [3.8, 4) is 56.7 Å². The van der Waals surface area contributed by atoms with Gasteiger partial charge in [0.15, 0.2) is 28.6 Å². The molecule has 4 aromatic heterocycles. The fraction of sp³-hybridized carbons (Fsp3) is 0. The summed E-state index contributed by atoms with van der Waals surface area (Å²) >= 11 is 0. The zero-order valence-electron chi connectivity index (χ0n) is 33.9. The highest BCUT2D eigenvalue weighted by atomic mass is 16.3. The summed E-state index contributed by atoms with van der Waals surface area (Å²) in [5, 5.41) is 6.72.